The van der Waals surface area contributed by atoms with Crippen LogP contribution in [0.3, 0.4) is 0 Å². The summed E-state index contributed by atoms with van der Waals surface area (Å²) in [6.45, 7) is 19.3. The van der Waals surface area contributed by atoms with Gasteiger partial charge in [0.25, 0.3) is 0 Å². The van der Waals surface area contributed by atoms with Crippen LogP contribution in [-0.4, -0.2) is 0 Å². The molecule has 0 saturated carbocycles. The first-order valence-corrected chi connectivity index (χ1v) is 7.27. The molecule has 0 fully saturated rings. The number of benzene rings is 1. The summed E-state index contributed by atoms with van der Waals surface area (Å²) in [6.07, 6.45) is 4.04. The van der Waals surface area contributed by atoms with Crippen LogP contribution in [0.5, 0.6) is 0 Å². The van der Waals surface area contributed by atoms with Gasteiger partial charge >= 0.3 is 0 Å². The number of rotatable bonds is 4. The molecular weight excluding hydrogens is 240 g/mol. The standard InChI is InChI=1S/C20H28/c1-9-10-19(17(6)14(2)3)20(7,8)18-12-11-15(4)16(5)13-18/h9-13H,1H2,2-8H3/b19-10+. The number of hydrogen-bond donors (Lipinski definition) is 0. The maximum Gasteiger partial charge on any atom is 0.0149 e. The Balaban J connectivity index is 3.44. The van der Waals surface area contributed by atoms with E-state index < -0.39 is 0 Å². The first-order valence-electron chi connectivity index (χ1n) is 7.27. The smallest absolute Gasteiger partial charge is 0.0149 e. The van der Waals surface area contributed by atoms with Gasteiger partial charge in [-0.15, -0.1) is 0 Å². The number of aryl methyl sites for hydroxylation is 2. The fraction of sp³-hybridized carbons (Fsp3) is 0.400. The van der Waals surface area contributed by atoms with Gasteiger partial charge in [-0.1, -0.05) is 56.4 Å². The van der Waals surface area contributed by atoms with Crippen LogP contribution in [0.4, 0.5) is 0 Å². The third kappa shape index (κ3) is 3.30. The highest BCUT2D eigenvalue weighted by Gasteiger charge is 2.26. The summed E-state index contributed by atoms with van der Waals surface area (Å²) in [7, 11) is 0. The topological polar surface area (TPSA) is 0 Å². The Morgan fingerprint density at radius 1 is 1.05 bits per heavy atom. The highest BCUT2D eigenvalue weighted by Crippen LogP contribution is 2.37. The van der Waals surface area contributed by atoms with Crippen LogP contribution in [-0.2, 0) is 5.41 Å². The minimum absolute atomic E-state index is 0.0198. The predicted molar refractivity (Wildman–Crippen MR) is 91.3 cm³/mol. The lowest BCUT2D eigenvalue weighted by Crippen LogP contribution is -2.22. The first-order chi connectivity index (χ1) is 9.21. The largest absolute Gasteiger partial charge is 0.0991 e. The maximum atomic E-state index is 3.88. The second-order valence-electron chi connectivity index (χ2n) is 6.37. The van der Waals surface area contributed by atoms with Crippen molar-refractivity contribution in [3.63, 3.8) is 0 Å². The normalized spacial score (nSPS) is 12.2. The van der Waals surface area contributed by atoms with E-state index in [2.05, 4.69) is 79.3 Å². The molecule has 0 bridgehead atoms. The molecule has 0 radical (unpaired) electrons. The summed E-state index contributed by atoms with van der Waals surface area (Å²) in [5.41, 5.74) is 8.09. The van der Waals surface area contributed by atoms with Crippen molar-refractivity contribution in [2.45, 2.75) is 53.9 Å². The Bertz CT molecular complexity index is 562. The van der Waals surface area contributed by atoms with Gasteiger partial charge in [-0.25, -0.2) is 0 Å². The molecule has 0 aliphatic heterocycles. The van der Waals surface area contributed by atoms with Gasteiger partial charge in [0.15, 0.2) is 0 Å². The van der Waals surface area contributed by atoms with Crippen molar-refractivity contribution < 1.29 is 0 Å². The molecule has 0 nitrogen and oxygen atoms in total. The Labute approximate surface area is 124 Å². The predicted octanol–water partition coefficient (Wildman–Crippen LogP) is 6.05. The van der Waals surface area contributed by atoms with E-state index >= 15 is 0 Å². The van der Waals surface area contributed by atoms with Gasteiger partial charge in [0, 0.05) is 5.41 Å². The first kappa shape index (κ1) is 16.5. The lowest BCUT2D eigenvalue weighted by Gasteiger charge is -2.31. The van der Waals surface area contributed by atoms with Crippen LogP contribution in [0.2, 0.25) is 0 Å². The van der Waals surface area contributed by atoms with E-state index in [1.165, 1.54) is 33.4 Å². The van der Waals surface area contributed by atoms with Crippen molar-refractivity contribution in [1.82, 2.24) is 0 Å². The summed E-state index contributed by atoms with van der Waals surface area (Å²) in [4.78, 5) is 0. The van der Waals surface area contributed by atoms with Gasteiger partial charge in [0.2, 0.25) is 0 Å². The average Bonchev–Trinajstić information content (AvgIpc) is 2.37. The number of allylic oxidation sites excluding steroid dienone is 5. The Morgan fingerprint density at radius 3 is 2.10 bits per heavy atom. The van der Waals surface area contributed by atoms with E-state index in [0.29, 0.717) is 0 Å². The van der Waals surface area contributed by atoms with Crippen LogP contribution in [0.1, 0.15) is 51.3 Å². The third-order valence-corrected chi connectivity index (χ3v) is 4.34. The zero-order valence-electron chi connectivity index (χ0n) is 14.1. The molecule has 0 N–H and O–H groups in total. The van der Waals surface area contributed by atoms with Crippen LogP contribution < -0.4 is 0 Å². The molecule has 1 rings (SSSR count). The second-order valence-corrected chi connectivity index (χ2v) is 6.37. The second kappa shape index (κ2) is 6.26. The van der Waals surface area contributed by atoms with Crippen molar-refractivity contribution in [3.8, 4) is 0 Å². The molecule has 0 unspecified atom stereocenters. The van der Waals surface area contributed by atoms with Crippen LogP contribution in [0, 0.1) is 13.8 Å². The Morgan fingerprint density at radius 2 is 1.65 bits per heavy atom. The zero-order valence-corrected chi connectivity index (χ0v) is 14.1. The molecule has 0 heteroatoms. The van der Waals surface area contributed by atoms with E-state index in [-0.39, 0.29) is 5.41 Å². The van der Waals surface area contributed by atoms with Crippen molar-refractivity contribution in [3.05, 3.63) is 70.3 Å². The molecular formula is C20H28. The highest BCUT2D eigenvalue weighted by molar-refractivity contribution is 5.48. The van der Waals surface area contributed by atoms with Crippen molar-refractivity contribution in [2.24, 2.45) is 0 Å². The van der Waals surface area contributed by atoms with Gasteiger partial charge < -0.3 is 0 Å². The lowest BCUT2D eigenvalue weighted by molar-refractivity contribution is 0.628. The molecule has 1 aromatic carbocycles. The Kier molecular flexibility index (Phi) is 5.16. The lowest BCUT2D eigenvalue weighted by atomic mass is 9.73. The Hall–Kier alpha value is -1.56. The molecule has 0 aromatic heterocycles. The molecule has 0 saturated heterocycles. The van der Waals surface area contributed by atoms with E-state index in [0.717, 1.165) is 0 Å². The summed E-state index contributed by atoms with van der Waals surface area (Å²) in [6, 6.07) is 6.78. The van der Waals surface area contributed by atoms with E-state index in [1.807, 2.05) is 6.08 Å². The van der Waals surface area contributed by atoms with Crippen LogP contribution >= 0.6 is 0 Å². The molecule has 20 heavy (non-hydrogen) atoms. The van der Waals surface area contributed by atoms with E-state index in [1.54, 1.807) is 0 Å². The molecule has 1 aromatic rings. The maximum absolute atomic E-state index is 3.88. The fourth-order valence-corrected chi connectivity index (χ4v) is 2.47. The SMILES string of the molecule is C=C/C=C(\C(C)=C(C)C)C(C)(C)c1ccc(C)c(C)c1. The fourth-order valence-electron chi connectivity index (χ4n) is 2.47. The summed E-state index contributed by atoms with van der Waals surface area (Å²) < 4.78 is 0. The van der Waals surface area contributed by atoms with Crippen molar-refractivity contribution in [2.75, 3.05) is 0 Å². The quantitative estimate of drug-likeness (QED) is 0.583. The van der Waals surface area contributed by atoms with E-state index in [4.69, 9.17) is 0 Å². The molecule has 0 atom stereocenters. The van der Waals surface area contributed by atoms with Gasteiger partial charge in [0.1, 0.15) is 0 Å². The highest BCUT2D eigenvalue weighted by atomic mass is 14.3. The average molecular weight is 268 g/mol. The summed E-state index contributed by atoms with van der Waals surface area (Å²) in [5.74, 6) is 0. The number of hydrogen-bond acceptors (Lipinski definition) is 0. The van der Waals surface area contributed by atoms with Crippen LogP contribution in [0.25, 0.3) is 0 Å². The molecule has 108 valence electrons. The van der Waals surface area contributed by atoms with E-state index in [9.17, 15) is 0 Å². The zero-order chi connectivity index (χ0) is 15.5. The summed E-state index contributed by atoms with van der Waals surface area (Å²) in [5, 5.41) is 0. The van der Waals surface area contributed by atoms with Gasteiger partial charge in [-0.3, -0.25) is 0 Å². The molecule has 0 spiro atoms. The van der Waals surface area contributed by atoms with Gasteiger partial charge in [-0.05, 0) is 62.5 Å². The molecule has 0 aliphatic carbocycles. The monoisotopic (exact) mass is 268 g/mol. The molecule has 0 heterocycles. The minimum Gasteiger partial charge on any atom is -0.0991 e. The minimum atomic E-state index is -0.0198. The molecule has 0 aliphatic rings. The third-order valence-electron chi connectivity index (χ3n) is 4.34. The van der Waals surface area contributed by atoms with Crippen molar-refractivity contribution in [1.29, 1.82) is 0 Å². The van der Waals surface area contributed by atoms with Gasteiger partial charge in [-0.2, -0.15) is 0 Å². The van der Waals surface area contributed by atoms with Crippen LogP contribution in [0.15, 0.2) is 53.6 Å². The molecule has 0 amide bonds. The summed E-state index contributed by atoms with van der Waals surface area (Å²) >= 11 is 0. The van der Waals surface area contributed by atoms with Gasteiger partial charge in [0.05, 0.1) is 0 Å². The van der Waals surface area contributed by atoms with Crippen molar-refractivity contribution >= 4 is 0 Å².